The van der Waals surface area contributed by atoms with Gasteiger partial charge < -0.3 is 15.2 Å². The van der Waals surface area contributed by atoms with E-state index in [1.54, 1.807) is 9.36 Å². The fourth-order valence-corrected chi connectivity index (χ4v) is 3.77. The van der Waals surface area contributed by atoms with Crippen LogP contribution in [-0.4, -0.2) is 49.6 Å². The second kappa shape index (κ2) is 7.08. The molecule has 0 unspecified atom stereocenters. The molecule has 0 saturated carbocycles. The minimum atomic E-state index is -0.503. The van der Waals surface area contributed by atoms with Gasteiger partial charge in [0.15, 0.2) is 11.4 Å². The molecule has 9 nitrogen and oxygen atoms in total. The number of tetrazole rings is 1. The monoisotopic (exact) mass is 405 g/mol. The van der Waals surface area contributed by atoms with E-state index in [1.165, 1.54) is 0 Å². The van der Waals surface area contributed by atoms with E-state index in [-0.39, 0.29) is 17.3 Å². The number of fused-ring (bicyclic) bond motifs is 2. The molecule has 3 atom stereocenters. The summed E-state index contributed by atoms with van der Waals surface area (Å²) in [5.74, 6) is 0. The zero-order valence-corrected chi connectivity index (χ0v) is 16.5. The molecular weight excluding hydrogens is 386 g/mol. The van der Waals surface area contributed by atoms with Gasteiger partial charge in [0.05, 0.1) is 24.0 Å². The van der Waals surface area contributed by atoms with E-state index in [9.17, 15) is 0 Å². The minimum absolute atomic E-state index is 0.0801. The van der Waals surface area contributed by atoms with Gasteiger partial charge in [0.1, 0.15) is 6.10 Å². The molecule has 2 aromatic rings. The summed E-state index contributed by atoms with van der Waals surface area (Å²) in [6.07, 6.45) is -0.128. The number of nitrogens with one attached hydrogen (secondary N) is 1. The third-order valence-electron chi connectivity index (χ3n) is 4.51. The van der Waals surface area contributed by atoms with Crippen LogP contribution in [-0.2, 0) is 9.47 Å². The van der Waals surface area contributed by atoms with E-state index in [2.05, 4.69) is 27.0 Å². The van der Waals surface area contributed by atoms with Gasteiger partial charge in [-0.15, -0.1) is 0 Å². The summed E-state index contributed by atoms with van der Waals surface area (Å²) in [6.45, 7) is 4.50. The van der Waals surface area contributed by atoms with Gasteiger partial charge in [-0.05, 0) is 72.0 Å². The highest BCUT2D eigenvalue weighted by atomic mass is 32.1. The number of hydrazone groups is 1. The Morgan fingerprint density at radius 1 is 1.30 bits per heavy atom. The van der Waals surface area contributed by atoms with Gasteiger partial charge in [-0.25, -0.2) is 4.68 Å². The minimum Gasteiger partial charge on any atom is -0.375 e. The summed E-state index contributed by atoms with van der Waals surface area (Å²) >= 11 is 10.4. The first-order valence-corrected chi connectivity index (χ1v) is 9.26. The lowest BCUT2D eigenvalue weighted by molar-refractivity contribution is -0.0324. The van der Waals surface area contributed by atoms with Gasteiger partial charge in [-0.3, -0.25) is 5.43 Å². The Kier molecular flexibility index (Phi) is 4.76. The molecule has 3 heterocycles. The fraction of sp³-hybridized carbons (Fsp3) is 0.438. The number of ether oxygens (including phenoxy) is 2. The van der Waals surface area contributed by atoms with Gasteiger partial charge in [-0.1, -0.05) is 6.07 Å². The third-order valence-corrected chi connectivity index (χ3v) is 4.96. The van der Waals surface area contributed by atoms with Crippen LogP contribution in [0.2, 0.25) is 0 Å². The summed E-state index contributed by atoms with van der Waals surface area (Å²) < 4.78 is 15.4. The van der Waals surface area contributed by atoms with Crippen molar-refractivity contribution in [3.05, 3.63) is 34.1 Å². The van der Waals surface area contributed by atoms with Crippen LogP contribution in [0.25, 0.3) is 5.69 Å². The Hall–Kier alpha value is -2.21. The molecule has 1 aromatic heterocycles. The molecule has 2 bridgehead atoms. The lowest BCUT2D eigenvalue weighted by Gasteiger charge is -2.27. The van der Waals surface area contributed by atoms with Crippen molar-refractivity contribution >= 4 is 35.3 Å². The number of nitrogens with zero attached hydrogens (tertiary/aromatic N) is 5. The van der Waals surface area contributed by atoms with Crippen LogP contribution in [0.15, 0.2) is 23.3 Å². The van der Waals surface area contributed by atoms with Crippen LogP contribution in [0.5, 0.6) is 0 Å². The normalized spacial score (nSPS) is 25.7. The van der Waals surface area contributed by atoms with E-state index in [0.29, 0.717) is 23.5 Å². The van der Waals surface area contributed by atoms with Crippen LogP contribution >= 0.6 is 24.4 Å². The molecule has 3 N–H and O–H groups in total. The standard InChI is InChI=1S/C16H19N7O2S2/c1-8-3-9(2)5-10(4-8)22-16(27)23(21-20-22)12-6-11(18-19-15(17)26)14-24-7-13(12)25-14/h3-5,12-14H,6-7H2,1-2H3,(H3,17,19,26)/b18-11+/t12-,13-,14+/m1/s1. The Morgan fingerprint density at radius 2 is 2.04 bits per heavy atom. The maximum Gasteiger partial charge on any atom is 0.221 e. The van der Waals surface area contributed by atoms with Crippen molar-refractivity contribution in [1.29, 1.82) is 0 Å². The number of rotatable bonds is 3. The van der Waals surface area contributed by atoms with Gasteiger partial charge in [-0.2, -0.15) is 9.78 Å². The third kappa shape index (κ3) is 3.50. The summed E-state index contributed by atoms with van der Waals surface area (Å²) in [5.41, 5.74) is 11.8. The molecule has 1 aromatic carbocycles. The average Bonchev–Trinajstić information content (AvgIpc) is 3.18. The van der Waals surface area contributed by atoms with Gasteiger partial charge in [0.2, 0.25) is 4.77 Å². The Bertz CT molecular complexity index is 963. The molecule has 0 amide bonds. The lowest BCUT2D eigenvalue weighted by atomic mass is 10.0. The van der Waals surface area contributed by atoms with Gasteiger partial charge in [0, 0.05) is 6.42 Å². The van der Waals surface area contributed by atoms with E-state index >= 15 is 0 Å². The number of thiocarbonyl (C=S) groups is 1. The van der Waals surface area contributed by atoms with Crippen molar-refractivity contribution in [2.75, 3.05) is 6.61 Å². The predicted molar refractivity (Wildman–Crippen MR) is 105 cm³/mol. The highest BCUT2D eigenvalue weighted by molar-refractivity contribution is 7.80. The zero-order chi connectivity index (χ0) is 19.1. The second-order valence-electron chi connectivity index (χ2n) is 6.65. The molecule has 2 fully saturated rings. The van der Waals surface area contributed by atoms with Crippen LogP contribution in [0, 0.1) is 18.6 Å². The van der Waals surface area contributed by atoms with Crippen molar-refractivity contribution in [2.45, 2.75) is 38.7 Å². The Balaban J connectivity index is 1.67. The molecule has 142 valence electrons. The highest BCUT2D eigenvalue weighted by Crippen LogP contribution is 2.33. The van der Waals surface area contributed by atoms with Crippen LogP contribution < -0.4 is 11.2 Å². The zero-order valence-electron chi connectivity index (χ0n) is 14.8. The van der Waals surface area contributed by atoms with Crippen LogP contribution in [0.3, 0.4) is 0 Å². The number of hydrogen-bond donors (Lipinski definition) is 2. The van der Waals surface area contributed by atoms with Crippen molar-refractivity contribution in [2.24, 2.45) is 10.8 Å². The second-order valence-corrected chi connectivity index (χ2v) is 7.46. The molecule has 27 heavy (non-hydrogen) atoms. The van der Waals surface area contributed by atoms with Crippen molar-refractivity contribution < 1.29 is 9.47 Å². The quantitative estimate of drug-likeness (QED) is 0.581. The van der Waals surface area contributed by atoms with E-state index in [1.807, 2.05) is 26.0 Å². The summed E-state index contributed by atoms with van der Waals surface area (Å²) in [7, 11) is 0. The summed E-state index contributed by atoms with van der Waals surface area (Å²) in [6, 6.07) is 5.96. The first kappa shape index (κ1) is 18.2. The van der Waals surface area contributed by atoms with Crippen molar-refractivity contribution in [1.82, 2.24) is 25.2 Å². The van der Waals surface area contributed by atoms with Crippen LogP contribution in [0.4, 0.5) is 0 Å². The highest BCUT2D eigenvalue weighted by Gasteiger charge is 2.44. The Morgan fingerprint density at radius 3 is 2.74 bits per heavy atom. The van der Waals surface area contributed by atoms with Crippen molar-refractivity contribution in [3.63, 3.8) is 0 Å². The first-order chi connectivity index (χ1) is 12.9. The largest absolute Gasteiger partial charge is 0.375 e. The average molecular weight is 406 g/mol. The number of aryl methyl sites for hydroxylation is 2. The van der Waals surface area contributed by atoms with E-state index in [4.69, 9.17) is 39.6 Å². The molecule has 4 rings (SSSR count). The Labute approximate surface area is 166 Å². The number of hydrogen-bond acceptors (Lipinski definition) is 7. The van der Waals surface area contributed by atoms with Gasteiger partial charge in [0.25, 0.3) is 0 Å². The molecule has 0 radical (unpaired) electrons. The fourth-order valence-electron chi connectivity index (χ4n) is 3.41. The van der Waals surface area contributed by atoms with E-state index < -0.39 is 6.29 Å². The molecule has 0 aliphatic carbocycles. The maximum absolute atomic E-state index is 5.90. The first-order valence-electron chi connectivity index (χ1n) is 8.44. The number of nitrogens with two attached hydrogens (primary N) is 1. The smallest absolute Gasteiger partial charge is 0.221 e. The summed E-state index contributed by atoms with van der Waals surface area (Å²) in [5, 5.41) is 12.8. The topological polar surface area (TPSA) is 105 Å². The van der Waals surface area contributed by atoms with Crippen LogP contribution in [0.1, 0.15) is 23.6 Å². The van der Waals surface area contributed by atoms with Gasteiger partial charge >= 0.3 is 0 Å². The number of benzene rings is 1. The number of aromatic nitrogens is 4. The maximum atomic E-state index is 5.90. The molecular formula is C16H19N7O2S2. The molecule has 2 aliphatic heterocycles. The van der Waals surface area contributed by atoms with E-state index in [0.717, 1.165) is 16.8 Å². The summed E-state index contributed by atoms with van der Waals surface area (Å²) in [4.78, 5) is 0. The molecule has 2 aliphatic rings. The lowest BCUT2D eigenvalue weighted by Crippen LogP contribution is -2.39. The molecule has 2 saturated heterocycles. The van der Waals surface area contributed by atoms with Crippen molar-refractivity contribution in [3.8, 4) is 5.69 Å². The predicted octanol–water partition coefficient (Wildman–Crippen LogP) is 1.29. The molecule has 11 heteroatoms. The molecule has 0 spiro atoms. The SMILES string of the molecule is Cc1cc(C)cc(-n2nnn([C@@H]3C/C(=N\NC(N)=S)[C@H]4OC[C@H]3O4)c2=S)c1.